The Morgan fingerprint density at radius 2 is 1.94 bits per heavy atom. The number of carbonyl (C=O) groups excluding carboxylic acids is 1. The molecule has 0 aliphatic carbocycles. The van der Waals surface area contributed by atoms with E-state index in [1.165, 1.54) is 30.5 Å². The molecule has 0 atom stereocenters. The molecule has 1 amide bonds. The highest BCUT2D eigenvalue weighted by atomic mass is 35.5. The van der Waals surface area contributed by atoms with E-state index in [1.54, 1.807) is 0 Å². The van der Waals surface area contributed by atoms with E-state index < -0.39 is 12.1 Å². The summed E-state index contributed by atoms with van der Waals surface area (Å²) >= 11 is 11.5. The van der Waals surface area contributed by atoms with Crippen molar-refractivity contribution in [1.82, 2.24) is 5.43 Å². The van der Waals surface area contributed by atoms with Gasteiger partial charge >= 0.3 is 12.1 Å². The van der Waals surface area contributed by atoms with Crippen LogP contribution in [0.15, 0.2) is 23.3 Å². The molecule has 1 aromatic carbocycles. The van der Waals surface area contributed by atoms with E-state index in [0.29, 0.717) is 10.6 Å². The third kappa shape index (κ3) is 3.89. The Morgan fingerprint density at radius 1 is 1.33 bits per heavy atom. The van der Waals surface area contributed by atoms with E-state index in [-0.39, 0.29) is 10.7 Å². The topological polar surface area (TPSA) is 41.5 Å². The standard InChI is InChI=1S/C10H7Cl2F3N2O/c1-5(16-17-9(18)10(13,14)15)7-3-2-6(11)4-8(7)12/h2-4H,1H3,(H,17,18)/b16-5-. The van der Waals surface area contributed by atoms with Gasteiger partial charge in [-0.05, 0) is 19.1 Å². The van der Waals surface area contributed by atoms with Gasteiger partial charge in [-0.1, -0.05) is 29.3 Å². The van der Waals surface area contributed by atoms with Gasteiger partial charge in [-0.2, -0.15) is 18.3 Å². The molecule has 0 fully saturated rings. The molecule has 0 saturated carbocycles. The molecule has 0 radical (unpaired) electrons. The molecular formula is C10H7Cl2F3N2O. The highest BCUT2D eigenvalue weighted by Gasteiger charge is 2.38. The predicted octanol–water partition coefficient (Wildman–Crippen LogP) is 3.40. The fraction of sp³-hybridized carbons (Fsp3) is 0.200. The first-order valence-corrected chi connectivity index (χ1v) is 5.34. The van der Waals surface area contributed by atoms with E-state index in [2.05, 4.69) is 5.10 Å². The van der Waals surface area contributed by atoms with Crippen LogP contribution in [0.25, 0.3) is 0 Å². The minimum atomic E-state index is -4.98. The van der Waals surface area contributed by atoms with Gasteiger partial charge < -0.3 is 0 Å². The van der Waals surface area contributed by atoms with E-state index in [4.69, 9.17) is 23.2 Å². The number of rotatable bonds is 2. The molecule has 0 aromatic heterocycles. The molecule has 18 heavy (non-hydrogen) atoms. The summed E-state index contributed by atoms with van der Waals surface area (Å²) in [4.78, 5) is 10.5. The summed E-state index contributed by atoms with van der Waals surface area (Å²) in [6, 6.07) is 4.42. The van der Waals surface area contributed by atoms with Gasteiger partial charge in [0.2, 0.25) is 0 Å². The predicted molar refractivity (Wildman–Crippen MR) is 62.9 cm³/mol. The first kappa shape index (κ1) is 14.8. The monoisotopic (exact) mass is 298 g/mol. The molecule has 0 heterocycles. The molecule has 0 spiro atoms. The van der Waals surface area contributed by atoms with Gasteiger partial charge in [0.15, 0.2) is 0 Å². The van der Waals surface area contributed by atoms with Crippen molar-refractivity contribution in [3.63, 3.8) is 0 Å². The van der Waals surface area contributed by atoms with Crippen LogP contribution in [0.4, 0.5) is 13.2 Å². The lowest BCUT2D eigenvalue weighted by molar-refractivity contribution is -0.173. The van der Waals surface area contributed by atoms with E-state index >= 15 is 0 Å². The van der Waals surface area contributed by atoms with Crippen LogP contribution in [0.3, 0.4) is 0 Å². The fourth-order valence-electron chi connectivity index (χ4n) is 1.04. The van der Waals surface area contributed by atoms with Crippen LogP contribution < -0.4 is 5.43 Å². The summed E-state index contributed by atoms with van der Waals surface area (Å²) in [5.41, 5.74) is 1.91. The quantitative estimate of drug-likeness (QED) is 0.660. The van der Waals surface area contributed by atoms with Gasteiger partial charge in [-0.25, -0.2) is 5.43 Å². The Bertz CT molecular complexity index is 500. The number of hydrazone groups is 1. The second-order valence-corrected chi connectivity index (χ2v) is 4.10. The Balaban J connectivity index is 2.87. The zero-order valence-electron chi connectivity index (χ0n) is 8.98. The highest BCUT2D eigenvalue weighted by Crippen LogP contribution is 2.21. The molecule has 8 heteroatoms. The molecule has 0 bridgehead atoms. The van der Waals surface area contributed by atoms with Gasteiger partial charge in [0.1, 0.15) is 0 Å². The number of amides is 1. The maximum Gasteiger partial charge on any atom is 0.473 e. The highest BCUT2D eigenvalue weighted by molar-refractivity contribution is 6.37. The van der Waals surface area contributed by atoms with Crippen LogP contribution in [0.2, 0.25) is 10.0 Å². The number of halogens is 5. The summed E-state index contributed by atoms with van der Waals surface area (Å²) < 4.78 is 35.7. The molecule has 98 valence electrons. The third-order valence-electron chi connectivity index (χ3n) is 1.90. The maximum atomic E-state index is 11.9. The van der Waals surface area contributed by atoms with Crippen molar-refractivity contribution < 1.29 is 18.0 Å². The molecule has 0 aliphatic heterocycles. The van der Waals surface area contributed by atoms with Gasteiger partial charge in [0, 0.05) is 10.6 Å². The van der Waals surface area contributed by atoms with Crippen molar-refractivity contribution in [1.29, 1.82) is 0 Å². The summed E-state index contributed by atoms with van der Waals surface area (Å²) in [5, 5.41) is 3.93. The Hall–Kier alpha value is -1.27. The van der Waals surface area contributed by atoms with Crippen molar-refractivity contribution in [2.75, 3.05) is 0 Å². The smallest absolute Gasteiger partial charge is 0.263 e. The average Bonchev–Trinajstić information content (AvgIpc) is 2.24. The lowest BCUT2D eigenvalue weighted by atomic mass is 10.1. The Labute approximate surface area is 111 Å². The molecule has 3 nitrogen and oxygen atoms in total. The molecule has 1 aromatic rings. The number of benzene rings is 1. The molecule has 1 rings (SSSR count). The number of nitrogens with zero attached hydrogens (tertiary/aromatic N) is 1. The van der Waals surface area contributed by atoms with Crippen molar-refractivity contribution in [3.8, 4) is 0 Å². The lowest BCUT2D eigenvalue weighted by Gasteiger charge is -2.06. The molecule has 0 unspecified atom stereocenters. The van der Waals surface area contributed by atoms with E-state index in [9.17, 15) is 18.0 Å². The van der Waals surface area contributed by atoms with Crippen LogP contribution in [-0.2, 0) is 4.79 Å². The molecule has 0 aliphatic rings. The van der Waals surface area contributed by atoms with Gasteiger partial charge in [0.25, 0.3) is 0 Å². The Kier molecular flexibility index (Phi) is 4.59. The van der Waals surface area contributed by atoms with Crippen molar-refractivity contribution in [3.05, 3.63) is 33.8 Å². The van der Waals surface area contributed by atoms with Crippen LogP contribution in [-0.4, -0.2) is 17.8 Å². The SMILES string of the molecule is C/C(=N/NC(=O)C(F)(F)F)c1ccc(Cl)cc1Cl. The number of hydrogen-bond donors (Lipinski definition) is 1. The van der Waals surface area contributed by atoms with E-state index in [1.807, 2.05) is 0 Å². The minimum absolute atomic E-state index is 0.134. The first-order chi connectivity index (χ1) is 8.21. The van der Waals surface area contributed by atoms with Gasteiger partial charge in [-0.15, -0.1) is 0 Å². The lowest BCUT2D eigenvalue weighted by Crippen LogP contribution is -2.34. The van der Waals surface area contributed by atoms with Gasteiger partial charge in [0.05, 0.1) is 10.7 Å². The van der Waals surface area contributed by atoms with Crippen LogP contribution in [0.1, 0.15) is 12.5 Å². The average molecular weight is 299 g/mol. The Morgan fingerprint density at radius 3 is 2.44 bits per heavy atom. The number of carbonyl (C=O) groups is 1. The zero-order chi connectivity index (χ0) is 13.9. The largest absolute Gasteiger partial charge is 0.473 e. The van der Waals surface area contributed by atoms with Crippen molar-refractivity contribution in [2.45, 2.75) is 13.1 Å². The molecular weight excluding hydrogens is 292 g/mol. The van der Waals surface area contributed by atoms with Crippen LogP contribution in [0.5, 0.6) is 0 Å². The number of nitrogens with one attached hydrogen (secondary N) is 1. The summed E-state index contributed by atoms with van der Waals surface area (Å²) in [6.07, 6.45) is -4.98. The normalized spacial score (nSPS) is 12.4. The van der Waals surface area contributed by atoms with Crippen molar-refractivity contribution in [2.24, 2.45) is 5.10 Å². The van der Waals surface area contributed by atoms with Crippen molar-refractivity contribution >= 4 is 34.8 Å². The summed E-state index contributed by atoms with van der Waals surface area (Å²) in [6.45, 7) is 1.41. The fourth-order valence-corrected chi connectivity index (χ4v) is 1.59. The van der Waals surface area contributed by atoms with Crippen LogP contribution >= 0.6 is 23.2 Å². The second-order valence-electron chi connectivity index (χ2n) is 3.26. The van der Waals surface area contributed by atoms with Crippen LogP contribution in [0, 0.1) is 0 Å². The molecule has 1 N–H and O–H groups in total. The summed E-state index contributed by atoms with van der Waals surface area (Å²) in [7, 11) is 0. The number of hydrogen-bond acceptors (Lipinski definition) is 2. The number of alkyl halides is 3. The molecule has 0 saturated heterocycles. The zero-order valence-corrected chi connectivity index (χ0v) is 10.5. The first-order valence-electron chi connectivity index (χ1n) is 4.58. The second kappa shape index (κ2) is 5.58. The maximum absolute atomic E-state index is 11.9. The summed E-state index contributed by atoms with van der Waals surface area (Å²) in [5.74, 6) is -2.15. The minimum Gasteiger partial charge on any atom is -0.263 e. The van der Waals surface area contributed by atoms with E-state index in [0.717, 1.165) is 0 Å². The van der Waals surface area contributed by atoms with Gasteiger partial charge in [-0.3, -0.25) is 4.79 Å². The third-order valence-corrected chi connectivity index (χ3v) is 2.45.